The van der Waals surface area contributed by atoms with E-state index in [2.05, 4.69) is 17.6 Å². The van der Waals surface area contributed by atoms with Crippen molar-refractivity contribution < 1.29 is 19.1 Å². The van der Waals surface area contributed by atoms with Crippen LogP contribution in [0.4, 0.5) is 10.5 Å². The van der Waals surface area contributed by atoms with Crippen molar-refractivity contribution >= 4 is 23.6 Å². The Morgan fingerprint density at radius 1 is 0.972 bits per heavy atom. The summed E-state index contributed by atoms with van der Waals surface area (Å²) in [5.41, 5.74) is 3.78. The number of aryl methyl sites for hydroxylation is 3. The van der Waals surface area contributed by atoms with Crippen molar-refractivity contribution in [3.05, 3.63) is 64.7 Å². The molecule has 3 amide bonds. The fraction of sp³-hybridized carbons (Fsp3) is 0.483. The summed E-state index contributed by atoms with van der Waals surface area (Å²) >= 11 is 0. The Balaban J connectivity index is 2.44. The van der Waals surface area contributed by atoms with Crippen LogP contribution in [-0.2, 0) is 20.7 Å². The van der Waals surface area contributed by atoms with E-state index >= 15 is 0 Å². The van der Waals surface area contributed by atoms with E-state index in [4.69, 9.17) is 4.74 Å². The fourth-order valence-electron chi connectivity index (χ4n) is 4.01. The topological polar surface area (TPSA) is 87.7 Å². The smallest absolute Gasteiger partial charge is 0.408 e. The molecule has 7 nitrogen and oxygen atoms in total. The Labute approximate surface area is 215 Å². The summed E-state index contributed by atoms with van der Waals surface area (Å²) in [5.74, 6) is -0.660. The summed E-state index contributed by atoms with van der Waals surface area (Å²) in [7, 11) is 0. The summed E-state index contributed by atoms with van der Waals surface area (Å²) in [5, 5.41) is 5.69. The van der Waals surface area contributed by atoms with Gasteiger partial charge in [-0.15, -0.1) is 0 Å². The monoisotopic (exact) mass is 495 g/mol. The van der Waals surface area contributed by atoms with Crippen molar-refractivity contribution in [2.75, 3.05) is 11.9 Å². The summed E-state index contributed by atoms with van der Waals surface area (Å²) < 4.78 is 5.32. The number of carbonyl (C=O) groups is 3. The van der Waals surface area contributed by atoms with Crippen molar-refractivity contribution in [3.63, 3.8) is 0 Å². The Bertz CT molecular complexity index is 1040. The van der Waals surface area contributed by atoms with Gasteiger partial charge in [-0.3, -0.25) is 9.59 Å². The number of carbonyl (C=O) groups excluding carboxylic acids is 3. The van der Waals surface area contributed by atoms with E-state index in [9.17, 15) is 14.4 Å². The summed E-state index contributed by atoms with van der Waals surface area (Å²) in [4.78, 5) is 41.3. The molecule has 0 aliphatic heterocycles. The van der Waals surface area contributed by atoms with Crippen molar-refractivity contribution in [3.8, 4) is 0 Å². The van der Waals surface area contributed by atoms with Crippen LogP contribution in [0.15, 0.2) is 42.5 Å². The number of rotatable bonds is 9. The molecule has 2 rings (SSSR count). The molecule has 2 aromatic rings. The second-order valence-electron chi connectivity index (χ2n) is 10.2. The van der Waals surface area contributed by atoms with E-state index in [0.29, 0.717) is 18.5 Å². The highest BCUT2D eigenvalue weighted by molar-refractivity contribution is 5.99. The molecule has 0 spiro atoms. The van der Waals surface area contributed by atoms with E-state index < -0.39 is 23.8 Å². The molecule has 2 N–H and O–H groups in total. The van der Waals surface area contributed by atoms with E-state index in [1.165, 1.54) is 0 Å². The van der Waals surface area contributed by atoms with Gasteiger partial charge in [-0.25, -0.2) is 4.79 Å². The van der Waals surface area contributed by atoms with Gasteiger partial charge in [0.2, 0.25) is 5.91 Å². The van der Waals surface area contributed by atoms with E-state index in [-0.39, 0.29) is 11.8 Å². The minimum absolute atomic E-state index is 0.303. The quantitative estimate of drug-likeness (QED) is 0.467. The number of amides is 3. The molecule has 7 heteroatoms. The highest BCUT2D eigenvalue weighted by Crippen LogP contribution is 2.27. The van der Waals surface area contributed by atoms with Crippen molar-refractivity contribution in [2.45, 2.75) is 85.9 Å². The predicted molar refractivity (Wildman–Crippen MR) is 144 cm³/mol. The molecule has 0 heterocycles. The van der Waals surface area contributed by atoms with E-state index in [1.54, 1.807) is 32.6 Å². The van der Waals surface area contributed by atoms with Crippen molar-refractivity contribution in [2.24, 2.45) is 0 Å². The normalized spacial score (nSPS) is 12.9. The third kappa shape index (κ3) is 7.83. The van der Waals surface area contributed by atoms with Gasteiger partial charge in [0.25, 0.3) is 5.91 Å². The number of anilines is 1. The van der Waals surface area contributed by atoms with Gasteiger partial charge in [0.15, 0.2) is 0 Å². The van der Waals surface area contributed by atoms with E-state index in [0.717, 1.165) is 28.8 Å². The van der Waals surface area contributed by atoms with Crippen LogP contribution in [0.1, 0.15) is 76.3 Å². The maximum atomic E-state index is 13.8. The van der Waals surface area contributed by atoms with Gasteiger partial charge >= 0.3 is 6.09 Å². The number of hydrogen-bond donors (Lipinski definition) is 2. The van der Waals surface area contributed by atoms with Crippen LogP contribution in [0.5, 0.6) is 0 Å². The highest BCUT2D eigenvalue weighted by Gasteiger charge is 2.34. The summed E-state index contributed by atoms with van der Waals surface area (Å²) in [6.07, 6.45) is 0.836. The Kier molecular flexibility index (Phi) is 10.1. The summed E-state index contributed by atoms with van der Waals surface area (Å²) in [6.45, 7) is 15.1. The fourth-order valence-corrected chi connectivity index (χ4v) is 4.01. The molecule has 0 fully saturated rings. The van der Waals surface area contributed by atoms with Gasteiger partial charge < -0.3 is 20.3 Å². The van der Waals surface area contributed by atoms with Gasteiger partial charge in [-0.05, 0) is 76.6 Å². The van der Waals surface area contributed by atoms with Crippen LogP contribution in [0, 0.1) is 13.8 Å². The lowest BCUT2D eigenvalue weighted by molar-refractivity contribution is -0.140. The molecular weight excluding hydrogens is 454 g/mol. The number of para-hydroxylation sites is 1. The zero-order valence-corrected chi connectivity index (χ0v) is 22.9. The molecule has 0 radical (unpaired) electrons. The Morgan fingerprint density at radius 3 is 2.06 bits per heavy atom. The average Bonchev–Trinajstić information content (AvgIpc) is 2.79. The van der Waals surface area contributed by atoms with Gasteiger partial charge in [-0.1, -0.05) is 56.3 Å². The zero-order valence-electron chi connectivity index (χ0n) is 22.9. The van der Waals surface area contributed by atoms with Gasteiger partial charge in [0.05, 0.1) is 0 Å². The Morgan fingerprint density at radius 2 is 1.56 bits per heavy atom. The number of ether oxygens (including phenoxy) is 1. The maximum Gasteiger partial charge on any atom is 0.408 e. The largest absolute Gasteiger partial charge is 0.444 e. The van der Waals surface area contributed by atoms with Crippen LogP contribution in [-0.4, -0.2) is 41.0 Å². The van der Waals surface area contributed by atoms with Crippen LogP contribution in [0.25, 0.3) is 0 Å². The first-order chi connectivity index (χ1) is 16.9. The standard InChI is InChI=1S/C29H41N3O4/c1-9-18-32(27(34)21(5)30-28(35)36-29(6,7)8)25(23-16-14-22(10-2)15-17-23)26(33)31-24-19(3)12-11-13-20(24)4/h11-17,21,25H,9-10,18H2,1-8H3,(H,30,35)(H,31,33). The lowest BCUT2D eigenvalue weighted by Gasteiger charge is -2.33. The lowest BCUT2D eigenvalue weighted by atomic mass is 9.99. The molecule has 2 aromatic carbocycles. The molecule has 0 saturated carbocycles. The molecular formula is C29H41N3O4. The minimum atomic E-state index is -0.878. The van der Waals surface area contributed by atoms with Crippen molar-refractivity contribution in [1.29, 1.82) is 0 Å². The molecule has 36 heavy (non-hydrogen) atoms. The molecule has 0 aliphatic rings. The molecule has 0 aromatic heterocycles. The highest BCUT2D eigenvalue weighted by atomic mass is 16.6. The van der Waals surface area contributed by atoms with Crippen molar-refractivity contribution in [1.82, 2.24) is 10.2 Å². The maximum absolute atomic E-state index is 13.8. The van der Waals surface area contributed by atoms with Crippen LogP contribution >= 0.6 is 0 Å². The minimum Gasteiger partial charge on any atom is -0.444 e. The number of nitrogens with one attached hydrogen (secondary N) is 2. The molecule has 2 atom stereocenters. The van der Waals surface area contributed by atoms with Gasteiger partial charge in [-0.2, -0.15) is 0 Å². The first-order valence-corrected chi connectivity index (χ1v) is 12.6. The van der Waals surface area contributed by atoms with Crippen LogP contribution in [0.3, 0.4) is 0 Å². The first kappa shape index (κ1) is 28.9. The van der Waals surface area contributed by atoms with Crippen LogP contribution in [0.2, 0.25) is 0 Å². The molecule has 0 bridgehead atoms. The third-order valence-corrected chi connectivity index (χ3v) is 5.84. The SMILES string of the molecule is CCCN(C(=O)C(C)NC(=O)OC(C)(C)C)C(C(=O)Nc1c(C)cccc1C)c1ccc(CC)cc1. The van der Waals surface area contributed by atoms with E-state index in [1.807, 2.05) is 63.2 Å². The number of benzene rings is 2. The molecule has 0 aliphatic carbocycles. The average molecular weight is 496 g/mol. The number of alkyl carbamates (subject to hydrolysis) is 1. The Hall–Kier alpha value is -3.35. The number of hydrogen-bond acceptors (Lipinski definition) is 4. The molecule has 196 valence electrons. The van der Waals surface area contributed by atoms with Gasteiger partial charge in [0.1, 0.15) is 17.7 Å². The first-order valence-electron chi connectivity index (χ1n) is 12.6. The third-order valence-electron chi connectivity index (χ3n) is 5.84. The predicted octanol–water partition coefficient (Wildman–Crippen LogP) is 5.70. The van der Waals surface area contributed by atoms with Gasteiger partial charge in [0, 0.05) is 12.2 Å². The second kappa shape index (κ2) is 12.6. The number of nitrogens with zero attached hydrogens (tertiary/aromatic N) is 1. The second-order valence-corrected chi connectivity index (χ2v) is 10.2. The van der Waals surface area contributed by atoms with Crippen LogP contribution < -0.4 is 10.6 Å². The summed E-state index contributed by atoms with van der Waals surface area (Å²) in [6, 6.07) is 11.8. The zero-order chi connectivity index (χ0) is 27.0. The molecule has 0 saturated heterocycles. The molecule has 2 unspecified atom stereocenters. The lowest BCUT2D eigenvalue weighted by Crippen LogP contribution is -2.51.